The van der Waals surface area contributed by atoms with Gasteiger partial charge in [-0.25, -0.2) is 0 Å². The molecule has 0 radical (unpaired) electrons. The van der Waals surface area contributed by atoms with E-state index in [0.717, 1.165) is 0 Å². The number of hydrogen-bond acceptors (Lipinski definition) is 1. The molecule has 3 heteroatoms. The molecule has 2 nitrogen and oxygen atoms in total. The number of carboxylic acids is 1. The number of carboxylic acid groups (broad SMARTS) is 1. The van der Waals surface area contributed by atoms with Gasteiger partial charge in [-0.05, 0) is 5.41 Å². The van der Waals surface area contributed by atoms with Gasteiger partial charge in [-0.3, -0.25) is 4.79 Å². The molecule has 0 bridgehead atoms. The highest BCUT2D eigenvalue weighted by Crippen LogP contribution is 2.25. The third kappa shape index (κ3) is 2.84. The Bertz CT molecular complexity index is 115. The molecule has 1 atom stereocenters. The standard InChI is InChI=1S/C6H11BrO2/c1-6(2,3)4(7)5(8)9/h4H,1-3H3,(H,8,9)/t4-/m1/s1. The van der Waals surface area contributed by atoms with Crippen molar-refractivity contribution in [1.82, 2.24) is 0 Å². The molecule has 0 aromatic heterocycles. The van der Waals surface area contributed by atoms with Gasteiger partial charge in [0.1, 0.15) is 4.83 Å². The fourth-order valence-electron chi connectivity index (χ4n) is 0.370. The molecule has 0 fully saturated rings. The van der Waals surface area contributed by atoms with Crippen LogP contribution in [0.3, 0.4) is 0 Å². The number of rotatable bonds is 1. The van der Waals surface area contributed by atoms with Crippen LogP contribution in [0.2, 0.25) is 0 Å². The van der Waals surface area contributed by atoms with Crippen molar-refractivity contribution >= 4 is 21.9 Å². The quantitative estimate of drug-likeness (QED) is 0.648. The highest BCUT2D eigenvalue weighted by Gasteiger charge is 2.27. The summed E-state index contributed by atoms with van der Waals surface area (Å²) >= 11 is 3.06. The SMILES string of the molecule is CC(C)(C)[C@H](Br)C(=O)O. The molecule has 0 unspecified atom stereocenters. The topological polar surface area (TPSA) is 37.3 Å². The lowest BCUT2D eigenvalue weighted by molar-refractivity contribution is -0.138. The summed E-state index contributed by atoms with van der Waals surface area (Å²) in [6, 6.07) is 0. The fourth-order valence-corrected chi connectivity index (χ4v) is 0.370. The first-order valence-electron chi connectivity index (χ1n) is 2.72. The Balaban J connectivity index is 4.04. The Kier molecular flexibility index (Phi) is 2.67. The zero-order chi connectivity index (χ0) is 7.65. The zero-order valence-corrected chi connectivity index (χ0v) is 7.40. The van der Waals surface area contributed by atoms with Crippen molar-refractivity contribution in [1.29, 1.82) is 0 Å². The molecule has 0 saturated carbocycles. The average Bonchev–Trinajstić information content (AvgIpc) is 1.62. The van der Waals surface area contributed by atoms with Crippen LogP contribution in [0.15, 0.2) is 0 Å². The molecule has 0 saturated heterocycles. The zero-order valence-electron chi connectivity index (χ0n) is 5.81. The summed E-state index contributed by atoms with van der Waals surface area (Å²) in [6.45, 7) is 5.63. The maximum Gasteiger partial charge on any atom is 0.317 e. The van der Waals surface area contributed by atoms with Crippen molar-refractivity contribution in [3.05, 3.63) is 0 Å². The molecular weight excluding hydrogens is 184 g/mol. The number of halogens is 1. The lowest BCUT2D eigenvalue weighted by Crippen LogP contribution is -2.28. The number of alkyl halides is 1. The summed E-state index contributed by atoms with van der Waals surface area (Å²) in [5.41, 5.74) is -0.203. The maximum atomic E-state index is 10.3. The van der Waals surface area contributed by atoms with Crippen LogP contribution in [-0.4, -0.2) is 15.9 Å². The van der Waals surface area contributed by atoms with Gasteiger partial charge in [-0.1, -0.05) is 36.7 Å². The molecule has 54 valence electrons. The average molecular weight is 195 g/mol. The van der Waals surface area contributed by atoms with E-state index in [0.29, 0.717) is 0 Å². The van der Waals surface area contributed by atoms with E-state index in [-0.39, 0.29) is 5.41 Å². The van der Waals surface area contributed by atoms with E-state index >= 15 is 0 Å². The van der Waals surface area contributed by atoms with Crippen LogP contribution in [-0.2, 0) is 4.79 Å². The molecule has 1 N–H and O–H groups in total. The van der Waals surface area contributed by atoms with Crippen molar-refractivity contribution in [2.75, 3.05) is 0 Å². The van der Waals surface area contributed by atoms with Crippen molar-refractivity contribution in [2.24, 2.45) is 5.41 Å². The fraction of sp³-hybridized carbons (Fsp3) is 0.833. The summed E-state index contributed by atoms with van der Waals surface area (Å²) in [4.78, 5) is 9.85. The van der Waals surface area contributed by atoms with E-state index in [1.54, 1.807) is 0 Å². The van der Waals surface area contributed by atoms with Crippen molar-refractivity contribution in [3.8, 4) is 0 Å². The normalized spacial score (nSPS) is 15.1. The highest BCUT2D eigenvalue weighted by atomic mass is 79.9. The maximum absolute atomic E-state index is 10.3. The molecule has 0 aliphatic carbocycles. The van der Waals surface area contributed by atoms with Gasteiger partial charge in [-0.2, -0.15) is 0 Å². The van der Waals surface area contributed by atoms with Gasteiger partial charge in [0.05, 0.1) is 0 Å². The molecule has 0 aliphatic heterocycles. The summed E-state index contributed by atoms with van der Waals surface area (Å²) in [5.74, 6) is -0.803. The van der Waals surface area contributed by atoms with E-state index in [1.807, 2.05) is 20.8 Å². The molecule has 0 rings (SSSR count). The third-order valence-corrected chi connectivity index (χ3v) is 2.74. The van der Waals surface area contributed by atoms with Crippen LogP contribution in [0, 0.1) is 5.41 Å². The van der Waals surface area contributed by atoms with Gasteiger partial charge < -0.3 is 5.11 Å². The smallest absolute Gasteiger partial charge is 0.317 e. The van der Waals surface area contributed by atoms with E-state index in [9.17, 15) is 4.79 Å². The Morgan fingerprint density at radius 3 is 1.89 bits per heavy atom. The minimum absolute atomic E-state index is 0.203. The number of hydrogen-bond donors (Lipinski definition) is 1. The first kappa shape index (κ1) is 8.95. The first-order chi connectivity index (χ1) is 3.85. The van der Waals surface area contributed by atoms with E-state index in [4.69, 9.17) is 5.11 Å². The Labute approximate surface area is 63.4 Å². The summed E-state index contributed by atoms with van der Waals surface area (Å²) in [6.07, 6.45) is 0. The van der Waals surface area contributed by atoms with Crippen molar-refractivity contribution in [2.45, 2.75) is 25.6 Å². The molecule has 0 aromatic carbocycles. The predicted molar refractivity (Wildman–Crippen MR) is 39.8 cm³/mol. The lowest BCUT2D eigenvalue weighted by Gasteiger charge is -2.20. The van der Waals surface area contributed by atoms with Crippen molar-refractivity contribution < 1.29 is 9.90 Å². The van der Waals surface area contributed by atoms with E-state index < -0.39 is 10.8 Å². The molecule has 0 spiro atoms. The molecule has 9 heavy (non-hydrogen) atoms. The Morgan fingerprint density at radius 2 is 1.89 bits per heavy atom. The first-order valence-corrected chi connectivity index (χ1v) is 3.64. The van der Waals surface area contributed by atoms with Gasteiger partial charge in [0.25, 0.3) is 0 Å². The van der Waals surface area contributed by atoms with Gasteiger partial charge in [0.15, 0.2) is 0 Å². The largest absolute Gasteiger partial charge is 0.480 e. The molecular formula is C6H11BrO2. The Morgan fingerprint density at radius 1 is 1.56 bits per heavy atom. The Hall–Kier alpha value is -0.0500. The second-order valence-electron chi connectivity index (χ2n) is 3.07. The lowest BCUT2D eigenvalue weighted by atomic mass is 9.92. The van der Waals surface area contributed by atoms with Crippen LogP contribution >= 0.6 is 15.9 Å². The summed E-state index contributed by atoms with van der Waals surface area (Å²) in [5, 5.41) is 8.47. The van der Waals surface area contributed by atoms with Crippen LogP contribution in [0.4, 0.5) is 0 Å². The summed E-state index contributed by atoms with van der Waals surface area (Å²) in [7, 11) is 0. The van der Waals surface area contributed by atoms with Gasteiger partial charge in [-0.15, -0.1) is 0 Å². The molecule has 0 amide bonds. The second kappa shape index (κ2) is 2.69. The highest BCUT2D eigenvalue weighted by molar-refractivity contribution is 9.10. The monoisotopic (exact) mass is 194 g/mol. The van der Waals surface area contributed by atoms with E-state index in [1.165, 1.54) is 0 Å². The minimum Gasteiger partial charge on any atom is -0.480 e. The van der Waals surface area contributed by atoms with Gasteiger partial charge >= 0.3 is 5.97 Å². The van der Waals surface area contributed by atoms with Crippen LogP contribution in [0.5, 0.6) is 0 Å². The van der Waals surface area contributed by atoms with Gasteiger partial charge in [0, 0.05) is 0 Å². The molecule has 0 aliphatic rings. The second-order valence-corrected chi connectivity index (χ2v) is 3.98. The summed E-state index contributed by atoms with van der Waals surface area (Å²) < 4.78 is 0. The van der Waals surface area contributed by atoms with E-state index in [2.05, 4.69) is 15.9 Å². The third-order valence-electron chi connectivity index (χ3n) is 0.977. The van der Waals surface area contributed by atoms with Gasteiger partial charge in [0.2, 0.25) is 0 Å². The van der Waals surface area contributed by atoms with Crippen LogP contribution in [0.25, 0.3) is 0 Å². The van der Waals surface area contributed by atoms with Crippen LogP contribution < -0.4 is 0 Å². The number of aliphatic carboxylic acids is 1. The number of carbonyl (C=O) groups is 1. The predicted octanol–water partition coefficient (Wildman–Crippen LogP) is 1.88. The van der Waals surface area contributed by atoms with Crippen LogP contribution in [0.1, 0.15) is 20.8 Å². The van der Waals surface area contributed by atoms with Crippen molar-refractivity contribution in [3.63, 3.8) is 0 Å². The molecule has 0 heterocycles. The molecule has 0 aromatic rings. The minimum atomic E-state index is -0.803.